The van der Waals surface area contributed by atoms with Crippen LogP contribution in [0, 0.1) is 11.6 Å². The molecule has 1 aromatic carbocycles. The fourth-order valence-electron chi connectivity index (χ4n) is 1.73. The number of hydrogen-bond donors (Lipinski definition) is 2. The number of hydrogen-bond acceptors (Lipinski definition) is 3. The minimum atomic E-state index is -0.708. The molecule has 0 fully saturated rings. The van der Waals surface area contributed by atoms with E-state index in [9.17, 15) is 8.78 Å². The zero-order chi connectivity index (χ0) is 15.8. The highest BCUT2D eigenvalue weighted by Crippen LogP contribution is 2.17. The third kappa shape index (κ3) is 5.00. The molecule has 0 spiro atoms. The van der Waals surface area contributed by atoms with E-state index in [1.165, 1.54) is 10.9 Å². The van der Waals surface area contributed by atoms with E-state index in [1.54, 1.807) is 18.4 Å². The standard InChI is InChI=1S/C15H17F2N3OS/c1-18-15(20-10-12-3-2-8-22-12)19-6-7-21-14-5-4-11(16)9-13(14)17/h2-5,8-9H,6-7,10H2,1H3,(H2,18,19,20). The molecule has 118 valence electrons. The molecule has 1 heterocycles. The van der Waals surface area contributed by atoms with Crippen LogP contribution in [0.5, 0.6) is 5.75 Å². The lowest BCUT2D eigenvalue weighted by Gasteiger charge is -2.12. The van der Waals surface area contributed by atoms with Crippen LogP contribution in [0.2, 0.25) is 0 Å². The van der Waals surface area contributed by atoms with Gasteiger partial charge in [0.15, 0.2) is 17.5 Å². The average Bonchev–Trinajstić information content (AvgIpc) is 3.01. The van der Waals surface area contributed by atoms with Crippen LogP contribution in [-0.2, 0) is 6.54 Å². The van der Waals surface area contributed by atoms with E-state index < -0.39 is 11.6 Å². The Bertz CT molecular complexity index is 617. The summed E-state index contributed by atoms with van der Waals surface area (Å²) in [6.45, 7) is 1.37. The summed E-state index contributed by atoms with van der Waals surface area (Å²) in [6, 6.07) is 7.25. The largest absolute Gasteiger partial charge is 0.489 e. The Hall–Kier alpha value is -2.15. The number of aliphatic imine (C=N–C) groups is 1. The second-order valence-corrected chi connectivity index (χ2v) is 5.39. The first-order chi connectivity index (χ1) is 10.7. The quantitative estimate of drug-likeness (QED) is 0.488. The SMILES string of the molecule is CN=C(NCCOc1ccc(F)cc1F)NCc1cccs1. The highest BCUT2D eigenvalue weighted by Gasteiger charge is 2.04. The van der Waals surface area contributed by atoms with Crippen molar-refractivity contribution < 1.29 is 13.5 Å². The van der Waals surface area contributed by atoms with Gasteiger partial charge in [-0.05, 0) is 23.6 Å². The van der Waals surface area contributed by atoms with Crippen molar-refractivity contribution in [3.63, 3.8) is 0 Å². The molecule has 0 amide bonds. The maximum atomic E-state index is 13.4. The van der Waals surface area contributed by atoms with Gasteiger partial charge in [0.2, 0.25) is 0 Å². The van der Waals surface area contributed by atoms with Crippen molar-refractivity contribution >= 4 is 17.3 Å². The maximum absolute atomic E-state index is 13.4. The number of thiophene rings is 1. The third-order valence-electron chi connectivity index (χ3n) is 2.78. The summed E-state index contributed by atoms with van der Waals surface area (Å²) in [6.07, 6.45) is 0. The van der Waals surface area contributed by atoms with Crippen LogP contribution in [0.3, 0.4) is 0 Å². The highest BCUT2D eigenvalue weighted by atomic mass is 32.1. The van der Waals surface area contributed by atoms with Crippen LogP contribution in [0.4, 0.5) is 8.78 Å². The lowest BCUT2D eigenvalue weighted by molar-refractivity contribution is 0.304. The molecule has 0 aliphatic carbocycles. The van der Waals surface area contributed by atoms with Crippen LogP contribution in [0.1, 0.15) is 4.88 Å². The number of nitrogens with zero attached hydrogens (tertiary/aromatic N) is 1. The Balaban J connectivity index is 1.70. The van der Waals surface area contributed by atoms with E-state index in [2.05, 4.69) is 15.6 Å². The Kier molecular flexibility index (Phi) is 6.14. The van der Waals surface area contributed by atoms with Crippen molar-refractivity contribution in [1.82, 2.24) is 10.6 Å². The summed E-state index contributed by atoms with van der Waals surface area (Å²) in [5.74, 6) is -0.664. The van der Waals surface area contributed by atoms with Crippen LogP contribution in [-0.4, -0.2) is 26.2 Å². The number of halogens is 2. The molecular weight excluding hydrogens is 308 g/mol. The van der Waals surface area contributed by atoms with Crippen molar-refractivity contribution in [3.05, 3.63) is 52.2 Å². The van der Waals surface area contributed by atoms with Crippen LogP contribution in [0.25, 0.3) is 0 Å². The number of benzene rings is 1. The predicted octanol–water partition coefficient (Wildman–Crippen LogP) is 2.77. The second kappa shape index (κ2) is 8.33. The topological polar surface area (TPSA) is 45.7 Å². The minimum Gasteiger partial charge on any atom is -0.489 e. The fourth-order valence-corrected chi connectivity index (χ4v) is 2.37. The van der Waals surface area contributed by atoms with E-state index in [1.807, 2.05) is 17.5 Å². The summed E-state index contributed by atoms with van der Waals surface area (Å²) in [4.78, 5) is 5.28. The van der Waals surface area contributed by atoms with E-state index >= 15 is 0 Å². The van der Waals surface area contributed by atoms with Gasteiger partial charge in [-0.15, -0.1) is 11.3 Å². The molecule has 0 saturated carbocycles. The molecule has 0 aliphatic rings. The number of ether oxygens (including phenoxy) is 1. The fraction of sp³-hybridized carbons (Fsp3) is 0.267. The van der Waals surface area contributed by atoms with Gasteiger partial charge in [-0.25, -0.2) is 8.78 Å². The van der Waals surface area contributed by atoms with Crippen LogP contribution in [0.15, 0.2) is 40.7 Å². The van der Waals surface area contributed by atoms with Gasteiger partial charge in [-0.2, -0.15) is 0 Å². The zero-order valence-electron chi connectivity index (χ0n) is 12.1. The summed E-state index contributed by atoms with van der Waals surface area (Å²) in [5.41, 5.74) is 0. The Morgan fingerprint density at radius 1 is 1.27 bits per heavy atom. The van der Waals surface area contributed by atoms with Crippen molar-refractivity contribution in [3.8, 4) is 5.75 Å². The van der Waals surface area contributed by atoms with Crippen LogP contribution >= 0.6 is 11.3 Å². The summed E-state index contributed by atoms with van der Waals surface area (Å²) in [7, 11) is 1.67. The molecule has 2 N–H and O–H groups in total. The Labute approximate surface area is 131 Å². The first-order valence-electron chi connectivity index (χ1n) is 6.74. The molecule has 4 nitrogen and oxygen atoms in total. The molecule has 1 aromatic heterocycles. The zero-order valence-corrected chi connectivity index (χ0v) is 12.9. The second-order valence-electron chi connectivity index (χ2n) is 4.36. The van der Waals surface area contributed by atoms with Gasteiger partial charge in [0.05, 0.1) is 13.1 Å². The molecule has 0 saturated heterocycles. The number of nitrogens with one attached hydrogen (secondary N) is 2. The van der Waals surface area contributed by atoms with Crippen molar-refractivity contribution in [2.24, 2.45) is 4.99 Å². The van der Waals surface area contributed by atoms with Gasteiger partial charge in [0, 0.05) is 18.0 Å². The van der Waals surface area contributed by atoms with Crippen molar-refractivity contribution in [1.29, 1.82) is 0 Å². The summed E-state index contributed by atoms with van der Waals surface area (Å²) >= 11 is 1.66. The monoisotopic (exact) mass is 325 g/mol. The maximum Gasteiger partial charge on any atom is 0.191 e. The molecule has 2 aromatic rings. The first-order valence-corrected chi connectivity index (χ1v) is 7.62. The average molecular weight is 325 g/mol. The number of rotatable bonds is 6. The Morgan fingerprint density at radius 3 is 2.82 bits per heavy atom. The van der Waals surface area contributed by atoms with E-state index in [4.69, 9.17) is 4.74 Å². The molecule has 7 heteroatoms. The molecule has 0 radical (unpaired) electrons. The number of guanidine groups is 1. The molecule has 0 bridgehead atoms. The van der Waals surface area contributed by atoms with Crippen molar-refractivity contribution in [2.45, 2.75) is 6.54 Å². The Morgan fingerprint density at radius 2 is 2.14 bits per heavy atom. The van der Waals surface area contributed by atoms with E-state index in [0.29, 0.717) is 19.0 Å². The normalized spacial score (nSPS) is 11.3. The van der Waals surface area contributed by atoms with Gasteiger partial charge < -0.3 is 15.4 Å². The summed E-state index contributed by atoms with van der Waals surface area (Å²) < 4.78 is 31.4. The van der Waals surface area contributed by atoms with E-state index in [-0.39, 0.29) is 12.4 Å². The molecule has 22 heavy (non-hydrogen) atoms. The highest BCUT2D eigenvalue weighted by molar-refractivity contribution is 7.09. The summed E-state index contributed by atoms with van der Waals surface area (Å²) in [5, 5.41) is 8.23. The van der Waals surface area contributed by atoms with Crippen LogP contribution < -0.4 is 15.4 Å². The lowest BCUT2D eigenvalue weighted by Crippen LogP contribution is -2.38. The molecule has 0 atom stereocenters. The van der Waals surface area contributed by atoms with Gasteiger partial charge in [-0.1, -0.05) is 6.07 Å². The van der Waals surface area contributed by atoms with E-state index in [0.717, 1.165) is 12.1 Å². The molecular formula is C15H17F2N3OS. The van der Waals surface area contributed by atoms with Gasteiger partial charge >= 0.3 is 0 Å². The van der Waals surface area contributed by atoms with Crippen molar-refractivity contribution in [2.75, 3.05) is 20.2 Å². The third-order valence-corrected chi connectivity index (χ3v) is 3.66. The van der Waals surface area contributed by atoms with Gasteiger partial charge in [0.1, 0.15) is 12.4 Å². The minimum absolute atomic E-state index is 0.0322. The lowest BCUT2D eigenvalue weighted by atomic mass is 10.3. The molecule has 2 rings (SSSR count). The van der Waals surface area contributed by atoms with Gasteiger partial charge in [-0.3, -0.25) is 4.99 Å². The smallest absolute Gasteiger partial charge is 0.191 e. The molecule has 0 aliphatic heterocycles. The van der Waals surface area contributed by atoms with Gasteiger partial charge in [0.25, 0.3) is 0 Å². The predicted molar refractivity (Wildman–Crippen MR) is 84.4 cm³/mol. The molecule has 0 unspecified atom stereocenters. The first kappa shape index (κ1) is 16.2.